The van der Waals surface area contributed by atoms with Crippen LogP contribution in [0.2, 0.25) is 0 Å². The molecular formula is C30H24N4O3. The normalized spacial score (nSPS) is 12.2. The van der Waals surface area contributed by atoms with E-state index in [1.807, 2.05) is 72.8 Å². The van der Waals surface area contributed by atoms with Crippen molar-refractivity contribution in [1.82, 2.24) is 10.2 Å². The van der Waals surface area contributed by atoms with E-state index in [0.717, 1.165) is 50.6 Å². The average Bonchev–Trinajstić information content (AvgIpc) is 3.57. The molecule has 0 saturated heterocycles. The van der Waals surface area contributed by atoms with Crippen molar-refractivity contribution in [3.63, 3.8) is 0 Å². The number of rotatable bonds is 7. The number of carbonyl (C=O) groups is 1. The highest BCUT2D eigenvalue weighted by Crippen LogP contribution is 2.33. The fourth-order valence-electron chi connectivity index (χ4n) is 4.22. The zero-order chi connectivity index (χ0) is 25.0. The highest BCUT2D eigenvalue weighted by Gasteiger charge is 2.12. The van der Waals surface area contributed by atoms with Gasteiger partial charge in [0.15, 0.2) is 11.5 Å². The van der Waals surface area contributed by atoms with Crippen molar-refractivity contribution in [3.05, 3.63) is 113 Å². The van der Waals surface area contributed by atoms with Crippen molar-refractivity contribution < 1.29 is 14.3 Å². The molecule has 7 nitrogen and oxygen atoms in total. The van der Waals surface area contributed by atoms with Crippen LogP contribution < -0.4 is 20.1 Å². The number of aromatic amines is 1. The van der Waals surface area contributed by atoms with Crippen LogP contribution in [0.25, 0.3) is 23.1 Å². The molecule has 182 valence electrons. The first-order valence-electron chi connectivity index (χ1n) is 12.0. The van der Waals surface area contributed by atoms with E-state index in [4.69, 9.17) is 9.47 Å². The van der Waals surface area contributed by atoms with Crippen LogP contribution in [0, 0.1) is 0 Å². The van der Waals surface area contributed by atoms with Gasteiger partial charge in [0, 0.05) is 28.9 Å². The molecule has 0 unspecified atom stereocenters. The van der Waals surface area contributed by atoms with Gasteiger partial charge in [0.05, 0.1) is 11.2 Å². The third kappa shape index (κ3) is 5.01. The van der Waals surface area contributed by atoms with Gasteiger partial charge < -0.3 is 20.1 Å². The molecule has 1 aliphatic rings. The molecule has 2 heterocycles. The fourth-order valence-corrected chi connectivity index (χ4v) is 4.22. The number of carbonyl (C=O) groups excluding carboxylic acids is 1. The zero-order valence-corrected chi connectivity index (χ0v) is 19.9. The standard InChI is InChI=1S/C30H24N4O3/c35-30(22-5-2-1-3-6-22)32-24-8-4-7-23(17-24)31-18-21-9-12-25-26(33-34-27(25)15-21)13-10-20-11-14-28-29(16-20)37-19-36-28/h1-17,31H,18-19H2,(H,32,35)(H,33,34). The molecule has 3 N–H and O–H groups in total. The topological polar surface area (TPSA) is 88.3 Å². The van der Waals surface area contributed by atoms with Gasteiger partial charge in [-0.25, -0.2) is 0 Å². The molecule has 0 spiro atoms. The third-order valence-corrected chi connectivity index (χ3v) is 6.14. The van der Waals surface area contributed by atoms with Gasteiger partial charge in [0.1, 0.15) is 0 Å². The smallest absolute Gasteiger partial charge is 0.255 e. The van der Waals surface area contributed by atoms with Gasteiger partial charge in [-0.1, -0.05) is 48.5 Å². The summed E-state index contributed by atoms with van der Waals surface area (Å²) in [6.45, 7) is 0.896. The average molecular weight is 489 g/mol. The molecule has 4 aromatic carbocycles. The zero-order valence-electron chi connectivity index (χ0n) is 19.9. The summed E-state index contributed by atoms with van der Waals surface area (Å²) in [6, 6.07) is 29.0. The minimum atomic E-state index is -0.133. The molecule has 1 amide bonds. The number of nitrogens with one attached hydrogen (secondary N) is 3. The van der Waals surface area contributed by atoms with Crippen LogP contribution in [0.15, 0.2) is 91.0 Å². The van der Waals surface area contributed by atoms with E-state index in [-0.39, 0.29) is 12.7 Å². The Morgan fingerprint density at radius 1 is 0.865 bits per heavy atom. The summed E-state index contributed by atoms with van der Waals surface area (Å²) in [5, 5.41) is 15.0. The predicted octanol–water partition coefficient (Wildman–Crippen LogP) is 6.33. The largest absolute Gasteiger partial charge is 0.454 e. The highest BCUT2D eigenvalue weighted by molar-refractivity contribution is 6.04. The predicted molar refractivity (Wildman–Crippen MR) is 146 cm³/mol. The van der Waals surface area contributed by atoms with Crippen molar-refractivity contribution in [2.24, 2.45) is 0 Å². The number of aromatic nitrogens is 2. The number of nitrogens with zero attached hydrogens (tertiary/aromatic N) is 1. The van der Waals surface area contributed by atoms with Gasteiger partial charge in [0.2, 0.25) is 6.79 Å². The van der Waals surface area contributed by atoms with E-state index >= 15 is 0 Å². The van der Waals surface area contributed by atoms with Crippen molar-refractivity contribution in [3.8, 4) is 11.5 Å². The second kappa shape index (κ2) is 9.91. The fraction of sp³-hybridized carbons (Fsp3) is 0.0667. The van der Waals surface area contributed by atoms with E-state index in [1.165, 1.54) is 0 Å². The molecule has 7 heteroatoms. The van der Waals surface area contributed by atoms with Crippen molar-refractivity contribution in [2.75, 3.05) is 17.4 Å². The molecule has 0 fully saturated rings. The molecule has 0 saturated carbocycles. The quantitative estimate of drug-likeness (QED) is 0.249. The summed E-state index contributed by atoms with van der Waals surface area (Å²) in [7, 11) is 0. The molecular weight excluding hydrogens is 464 g/mol. The number of hydrogen-bond donors (Lipinski definition) is 3. The van der Waals surface area contributed by atoms with Gasteiger partial charge in [0.25, 0.3) is 5.91 Å². The first kappa shape index (κ1) is 22.4. The van der Waals surface area contributed by atoms with E-state index < -0.39 is 0 Å². The first-order valence-corrected chi connectivity index (χ1v) is 12.0. The monoisotopic (exact) mass is 488 g/mol. The Balaban J connectivity index is 1.11. The maximum absolute atomic E-state index is 12.4. The SMILES string of the molecule is O=C(Nc1cccc(NCc2ccc3c(C=Cc4ccc5c(c4)OCO5)n[nH]c3c2)c1)c1ccccc1. The Bertz CT molecular complexity index is 1610. The molecule has 0 atom stereocenters. The Kier molecular flexibility index (Phi) is 6.01. The number of amides is 1. The Labute approximate surface area is 213 Å². The molecule has 37 heavy (non-hydrogen) atoms. The molecule has 1 aliphatic heterocycles. The molecule has 5 aromatic rings. The maximum Gasteiger partial charge on any atom is 0.255 e. The lowest BCUT2D eigenvalue weighted by Crippen LogP contribution is -2.11. The van der Waals surface area contributed by atoms with E-state index in [0.29, 0.717) is 12.1 Å². The Hall–Kier alpha value is -5.04. The minimum Gasteiger partial charge on any atom is -0.454 e. The van der Waals surface area contributed by atoms with Crippen LogP contribution in [0.4, 0.5) is 11.4 Å². The number of ether oxygens (including phenoxy) is 2. The van der Waals surface area contributed by atoms with Gasteiger partial charge in [-0.3, -0.25) is 9.89 Å². The van der Waals surface area contributed by atoms with Gasteiger partial charge >= 0.3 is 0 Å². The lowest BCUT2D eigenvalue weighted by molar-refractivity contribution is 0.102. The number of anilines is 2. The minimum absolute atomic E-state index is 0.133. The summed E-state index contributed by atoms with van der Waals surface area (Å²) < 4.78 is 10.8. The highest BCUT2D eigenvalue weighted by atomic mass is 16.7. The van der Waals surface area contributed by atoms with Gasteiger partial charge in [-0.2, -0.15) is 5.10 Å². The third-order valence-electron chi connectivity index (χ3n) is 6.14. The van der Waals surface area contributed by atoms with Crippen LogP contribution in [0.3, 0.4) is 0 Å². The number of fused-ring (bicyclic) bond motifs is 2. The molecule has 1 aromatic heterocycles. The summed E-state index contributed by atoms with van der Waals surface area (Å²) in [6.07, 6.45) is 4.00. The van der Waals surface area contributed by atoms with Crippen LogP contribution in [0.1, 0.15) is 27.2 Å². The molecule has 0 bridgehead atoms. The van der Waals surface area contributed by atoms with Crippen molar-refractivity contribution >= 4 is 40.3 Å². The second-order valence-corrected chi connectivity index (χ2v) is 8.69. The van der Waals surface area contributed by atoms with Crippen LogP contribution in [-0.2, 0) is 6.54 Å². The number of H-pyrrole nitrogens is 1. The van der Waals surface area contributed by atoms with Crippen molar-refractivity contribution in [2.45, 2.75) is 6.54 Å². The van der Waals surface area contributed by atoms with Crippen LogP contribution in [0.5, 0.6) is 11.5 Å². The van der Waals surface area contributed by atoms with E-state index in [9.17, 15) is 4.79 Å². The lowest BCUT2D eigenvalue weighted by atomic mass is 10.1. The summed E-state index contributed by atoms with van der Waals surface area (Å²) >= 11 is 0. The van der Waals surface area contributed by atoms with E-state index in [2.05, 4.69) is 39.0 Å². The lowest BCUT2D eigenvalue weighted by Gasteiger charge is -2.10. The number of hydrogen-bond acceptors (Lipinski definition) is 5. The summed E-state index contributed by atoms with van der Waals surface area (Å²) in [4.78, 5) is 12.4. The van der Waals surface area contributed by atoms with Gasteiger partial charge in [-0.05, 0) is 65.7 Å². The van der Waals surface area contributed by atoms with Crippen molar-refractivity contribution in [1.29, 1.82) is 0 Å². The Morgan fingerprint density at radius 2 is 1.73 bits per heavy atom. The Morgan fingerprint density at radius 3 is 2.65 bits per heavy atom. The summed E-state index contributed by atoms with van der Waals surface area (Å²) in [5.74, 6) is 1.40. The van der Waals surface area contributed by atoms with Gasteiger partial charge in [-0.15, -0.1) is 0 Å². The van der Waals surface area contributed by atoms with Crippen LogP contribution in [-0.4, -0.2) is 22.9 Å². The molecule has 0 radical (unpaired) electrons. The first-order chi connectivity index (χ1) is 18.2. The molecule has 6 rings (SSSR count). The maximum atomic E-state index is 12.4. The van der Waals surface area contributed by atoms with E-state index in [1.54, 1.807) is 12.1 Å². The molecule has 0 aliphatic carbocycles. The summed E-state index contributed by atoms with van der Waals surface area (Å²) in [5.41, 5.74) is 6.25. The number of benzene rings is 4. The van der Waals surface area contributed by atoms with Crippen LogP contribution >= 0.6 is 0 Å². The second-order valence-electron chi connectivity index (χ2n) is 8.69.